The molecule has 110 valence electrons. The van der Waals surface area contributed by atoms with Gasteiger partial charge in [-0.2, -0.15) is 0 Å². The second-order valence-electron chi connectivity index (χ2n) is 4.81. The molecule has 0 saturated heterocycles. The number of carbonyl (C=O) groups is 1. The molecule has 0 aromatic heterocycles. The van der Waals surface area contributed by atoms with Crippen LogP contribution in [0.4, 0.5) is 8.78 Å². The van der Waals surface area contributed by atoms with Gasteiger partial charge >= 0.3 is 0 Å². The Balaban J connectivity index is 2.08. The van der Waals surface area contributed by atoms with Gasteiger partial charge in [-0.05, 0) is 31.0 Å². The van der Waals surface area contributed by atoms with Crippen molar-refractivity contribution in [3.8, 4) is 0 Å². The van der Waals surface area contributed by atoms with Gasteiger partial charge in [0.1, 0.15) is 17.2 Å². The minimum absolute atomic E-state index is 0.234. The van der Waals surface area contributed by atoms with E-state index in [9.17, 15) is 13.6 Å². The number of halogens is 3. The van der Waals surface area contributed by atoms with Crippen LogP contribution in [0.15, 0.2) is 46.9 Å². The highest BCUT2D eigenvalue weighted by molar-refractivity contribution is 9.10. The van der Waals surface area contributed by atoms with Gasteiger partial charge in [-0.25, -0.2) is 8.78 Å². The van der Waals surface area contributed by atoms with Crippen LogP contribution < -0.4 is 5.32 Å². The van der Waals surface area contributed by atoms with Crippen LogP contribution in [0.1, 0.15) is 22.8 Å². The van der Waals surface area contributed by atoms with E-state index in [0.29, 0.717) is 6.42 Å². The SMILES string of the molecule is CC(Cc1ccccc1)NC(=O)c1c(F)cc(Br)cc1F. The van der Waals surface area contributed by atoms with Crippen molar-refractivity contribution in [2.75, 3.05) is 0 Å². The van der Waals surface area contributed by atoms with E-state index in [4.69, 9.17) is 0 Å². The molecule has 0 radical (unpaired) electrons. The third kappa shape index (κ3) is 4.11. The molecule has 0 saturated carbocycles. The molecule has 2 aromatic rings. The molecule has 0 aliphatic heterocycles. The van der Waals surface area contributed by atoms with E-state index in [1.54, 1.807) is 6.92 Å². The molecule has 1 amide bonds. The first-order chi connectivity index (χ1) is 9.97. The summed E-state index contributed by atoms with van der Waals surface area (Å²) in [5.74, 6) is -2.52. The minimum atomic E-state index is -0.883. The Labute approximate surface area is 130 Å². The molecule has 21 heavy (non-hydrogen) atoms. The summed E-state index contributed by atoms with van der Waals surface area (Å²) in [4.78, 5) is 12.0. The zero-order valence-electron chi connectivity index (χ0n) is 11.4. The van der Waals surface area contributed by atoms with Crippen LogP contribution in [0.2, 0.25) is 0 Å². The number of benzene rings is 2. The van der Waals surface area contributed by atoms with E-state index in [0.717, 1.165) is 17.7 Å². The molecule has 0 spiro atoms. The molecule has 1 unspecified atom stereocenters. The highest BCUT2D eigenvalue weighted by atomic mass is 79.9. The summed E-state index contributed by atoms with van der Waals surface area (Å²) in [6.45, 7) is 1.79. The summed E-state index contributed by atoms with van der Waals surface area (Å²) >= 11 is 2.98. The van der Waals surface area contributed by atoms with E-state index in [1.807, 2.05) is 30.3 Å². The van der Waals surface area contributed by atoms with E-state index in [-0.39, 0.29) is 10.5 Å². The summed E-state index contributed by atoms with van der Waals surface area (Å²) in [6, 6.07) is 11.5. The Hall–Kier alpha value is -1.75. The Morgan fingerprint density at radius 3 is 2.33 bits per heavy atom. The highest BCUT2D eigenvalue weighted by Crippen LogP contribution is 2.19. The maximum absolute atomic E-state index is 13.7. The quantitative estimate of drug-likeness (QED) is 0.881. The van der Waals surface area contributed by atoms with Crippen molar-refractivity contribution in [3.63, 3.8) is 0 Å². The molecule has 2 rings (SSSR count). The van der Waals surface area contributed by atoms with Gasteiger partial charge < -0.3 is 5.32 Å². The molecule has 0 heterocycles. The van der Waals surface area contributed by atoms with Gasteiger partial charge in [-0.1, -0.05) is 46.3 Å². The van der Waals surface area contributed by atoms with Gasteiger partial charge in [0, 0.05) is 10.5 Å². The largest absolute Gasteiger partial charge is 0.349 e. The average Bonchev–Trinajstić information content (AvgIpc) is 2.38. The Morgan fingerprint density at radius 1 is 1.19 bits per heavy atom. The van der Waals surface area contributed by atoms with Gasteiger partial charge in [0.2, 0.25) is 0 Å². The Kier molecular flexibility index (Phi) is 5.07. The number of hydrogen-bond acceptors (Lipinski definition) is 1. The first-order valence-electron chi connectivity index (χ1n) is 6.46. The first-order valence-corrected chi connectivity index (χ1v) is 7.26. The number of rotatable bonds is 4. The predicted octanol–water partition coefficient (Wildman–Crippen LogP) is 4.09. The summed E-state index contributed by atoms with van der Waals surface area (Å²) < 4.78 is 27.7. The monoisotopic (exact) mass is 353 g/mol. The van der Waals surface area contributed by atoms with Gasteiger partial charge in [0.15, 0.2) is 0 Å². The van der Waals surface area contributed by atoms with Crippen LogP contribution in [-0.4, -0.2) is 11.9 Å². The lowest BCUT2D eigenvalue weighted by Crippen LogP contribution is -2.35. The highest BCUT2D eigenvalue weighted by Gasteiger charge is 2.19. The molecule has 0 fully saturated rings. The van der Waals surface area contributed by atoms with Crippen molar-refractivity contribution in [2.24, 2.45) is 0 Å². The molecule has 5 heteroatoms. The van der Waals surface area contributed by atoms with E-state index < -0.39 is 23.1 Å². The molecule has 2 aromatic carbocycles. The van der Waals surface area contributed by atoms with Crippen LogP contribution >= 0.6 is 15.9 Å². The maximum Gasteiger partial charge on any atom is 0.257 e. The zero-order chi connectivity index (χ0) is 15.4. The van der Waals surface area contributed by atoms with Crippen LogP contribution in [0, 0.1) is 11.6 Å². The second kappa shape index (κ2) is 6.80. The average molecular weight is 354 g/mol. The molecule has 2 nitrogen and oxygen atoms in total. The Bertz CT molecular complexity index is 623. The second-order valence-corrected chi connectivity index (χ2v) is 5.72. The predicted molar refractivity (Wildman–Crippen MR) is 81.1 cm³/mol. The fourth-order valence-electron chi connectivity index (χ4n) is 2.07. The fourth-order valence-corrected chi connectivity index (χ4v) is 2.48. The third-order valence-corrected chi connectivity index (χ3v) is 3.45. The number of carbonyl (C=O) groups excluding carboxylic acids is 1. The van der Waals surface area contributed by atoms with Crippen LogP contribution in [-0.2, 0) is 6.42 Å². The summed E-state index contributed by atoms with van der Waals surface area (Å²) in [7, 11) is 0. The summed E-state index contributed by atoms with van der Waals surface area (Å²) in [5.41, 5.74) is 0.486. The number of nitrogens with one attached hydrogen (secondary N) is 1. The normalized spacial score (nSPS) is 12.0. The van der Waals surface area contributed by atoms with Crippen LogP contribution in [0.3, 0.4) is 0 Å². The van der Waals surface area contributed by atoms with Crippen molar-refractivity contribution in [2.45, 2.75) is 19.4 Å². The molecule has 1 atom stereocenters. The smallest absolute Gasteiger partial charge is 0.257 e. The van der Waals surface area contributed by atoms with Crippen molar-refractivity contribution < 1.29 is 13.6 Å². The van der Waals surface area contributed by atoms with Gasteiger partial charge in [0.25, 0.3) is 5.91 Å². The van der Waals surface area contributed by atoms with Crippen molar-refractivity contribution in [1.29, 1.82) is 0 Å². The number of amides is 1. The number of hydrogen-bond donors (Lipinski definition) is 1. The standard InChI is InChI=1S/C16H14BrF2NO/c1-10(7-11-5-3-2-4-6-11)20-16(21)15-13(18)8-12(17)9-14(15)19/h2-6,8-10H,7H2,1H3,(H,20,21). The van der Waals surface area contributed by atoms with E-state index in [2.05, 4.69) is 21.2 Å². The minimum Gasteiger partial charge on any atom is -0.349 e. The first kappa shape index (κ1) is 15.6. The fraction of sp³-hybridized carbons (Fsp3) is 0.188. The van der Waals surface area contributed by atoms with E-state index >= 15 is 0 Å². The zero-order valence-corrected chi connectivity index (χ0v) is 13.0. The molecular weight excluding hydrogens is 340 g/mol. The van der Waals surface area contributed by atoms with Gasteiger partial charge in [-0.15, -0.1) is 0 Å². The summed E-state index contributed by atoms with van der Waals surface area (Å²) in [6.07, 6.45) is 0.590. The maximum atomic E-state index is 13.7. The van der Waals surface area contributed by atoms with E-state index in [1.165, 1.54) is 0 Å². The summed E-state index contributed by atoms with van der Waals surface area (Å²) in [5, 5.41) is 2.61. The van der Waals surface area contributed by atoms with Crippen molar-refractivity contribution >= 4 is 21.8 Å². The topological polar surface area (TPSA) is 29.1 Å². The lowest BCUT2D eigenvalue weighted by Gasteiger charge is -2.15. The third-order valence-electron chi connectivity index (χ3n) is 3.00. The van der Waals surface area contributed by atoms with Crippen molar-refractivity contribution in [1.82, 2.24) is 5.32 Å². The molecular formula is C16H14BrF2NO. The molecule has 0 aliphatic carbocycles. The molecule has 1 N–H and O–H groups in total. The van der Waals surface area contributed by atoms with Gasteiger partial charge in [0.05, 0.1) is 0 Å². The Morgan fingerprint density at radius 2 is 1.76 bits per heavy atom. The van der Waals surface area contributed by atoms with Crippen LogP contribution in [0.25, 0.3) is 0 Å². The molecule has 0 bridgehead atoms. The lowest BCUT2D eigenvalue weighted by molar-refractivity contribution is 0.0931. The van der Waals surface area contributed by atoms with Crippen LogP contribution in [0.5, 0.6) is 0 Å². The molecule has 0 aliphatic rings. The van der Waals surface area contributed by atoms with Gasteiger partial charge in [-0.3, -0.25) is 4.79 Å². The lowest BCUT2D eigenvalue weighted by atomic mass is 10.1. The van der Waals surface area contributed by atoms with Crippen molar-refractivity contribution in [3.05, 3.63) is 69.7 Å².